The van der Waals surface area contributed by atoms with Gasteiger partial charge in [-0.25, -0.2) is 0 Å². The summed E-state index contributed by atoms with van der Waals surface area (Å²) in [5.41, 5.74) is 1.28. The Hall–Kier alpha value is -1.20. The fourth-order valence-corrected chi connectivity index (χ4v) is 9.72. The third-order valence-corrected chi connectivity index (χ3v) is 11.7. The van der Waals surface area contributed by atoms with E-state index in [2.05, 4.69) is 26.8 Å². The number of ether oxygens (including phenoxy) is 2. The zero-order chi connectivity index (χ0) is 25.7. The van der Waals surface area contributed by atoms with Crippen LogP contribution in [0.2, 0.25) is 0 Å². The molecule has 1 unspecified atom stereocenters. The van der Waals surface area contributed by atoms with Crippen LogP contribution in [0.15, 0.2) is 11.6 Å². The van der Waals surface area contributed by atoms with Gasteiger partial charge in [0.1, 0.15) is 0 Å². The predicted octanol–water partition coefficient (Wildman–Crippen LogP) is 6.23. The lowest BCUT2D eigenvalue weighted by Gasteiger charge is -2.61. The van der Waals surface area contributed by atoms with Crippen molar-refractivity contribution in [1.29, 1.82) is 0 Å². The second kappa shape index (κ2) is 10.2. The first-order valence-corrected chi connectivity index (χ1v) is 14.9. The first-order chi connectivity index (χ1) is 17.2. The molecule has 10 atom stereocenters. The number of aliphatic hydroxyl groups is 1. The number of allylic oxidation sites excluding steroid dienone is 2. The normalized spacial score (nSPS) is 46.5. The van der Waals surface area contributed by atoms with Crippen LogP contribution in [0.3, 0.4) is 0 Å². The van der Waals surface area contributed by atoms with E-state index >= 15 is 0 Å². The molecular weight excluding hydrogens is 452 g/mol. The lowest BCUT2D eigenvalue weighted by Crippen LogP contribution is -2.58. The van der Waals surface area contributed by atoms with E-state index in [9.17, 15) is 14.7 Å². The fraction of sp³-hybridized carbons (Fsp3) is 0.871. The van der Waals surface area contributed by atoms with E-state index < -0.39 is 0 Å². The van der Waals surface area contributed by atoms with Crippen LogP contribution in [0.4, 0.5) is 0 Å². The minimum absolute atomic E-state index is 0.121. The van der Waals surface area contributed by atoms with Gasteiger partial charge in [-0.2, -0.15) is 0 Å². The van der Waals surface area contributed by atoms with E-state index in [1.165, 1.54) is 6.42 Å². The van der Waals surface area contributed by atoms with E-state index in [1.54, 1.807) is 0 Å². The van der Waals surface area contributed by atoms with Crippen LogP contribution in [0, 0.1) is 46.3 Å². The molecule has 5 heteroatoms. The number of fused-ring (bicyclic) bond motifs is 5. The first kappa shape index (κ1) is 26.4. The topological polar surface area (TPSA) is 72.8 Å². The highest BCUT2D eigenvalue weighted by molar-refractivity contribution is 5.99. The van der Waals surface area contributed by atoms with E-state index in [4.69, 9.17) is 9.47 Å². The van der Waals surface area contributed by atoms with Crippen molar-refractivity contribution in [1.82, 2.24) is 0 Å². The average Bonchev–Trinajstić information content (AvgIpc) is 3.22. The van der Waals surface area contributed by atoms with Crippen molar-refractivity contribution in [3.8, 4) is 0 Å². The second-order valence-electron chi connectivity index (χ2n) is 13.4. The molecule has 202 valence electrons. The molecule has 36 heavy (non-hydrogen) atoms. The molecule has 5 nitrogen and oxygen atoms in total. The molecule has 5 aliphatic rings. The van der Waals surface area contributed by atoms with Gasteiger partial charge in [0, 0.05) is 18.8 Å². The standard InChI is InChI=1S/C31H48O5/c1-5-21-25-18-20(32)13-15-31(25,4)24-14-16-30(3)22(10-11-23(30)28(24)29(21)34)19(2)9-12-26(33)36-27-8-6-7-17-35-27/h5,19-20,22-25,27-28,32H,6-18H2,1-4H3/t19-,20-,22-,23+,24+,25+,27?,28+,30-,31-/m1/s1. The van der Waals surface area contributed by atoms with Gasteiger partial charge in [0.15, 0.2) is 5.78 Å². The average molecular weight is 501 g/mol. The Morgan fingerprint density at radius 2 is 1.86 bits per heavy atom. The molecule has 0 amide bonds. The van der Waals surface area contributed by atoms with Gasteiger partial charge in [0.05, 0.1) is 12.7 Å². The Bertz CT molecular complexity index is 874. The Kier molecular flexibility index (Phi) is 7.46. The van der Waals surface area contributed by atoms with Crippen molar-refractivity contribution in [2.24, 2.45) is 46.3 Å². The van der Waals surface area contributed by atoms with Gasteiger partial charge in [0.2, 0.25) is 6.29 Å². The second-order valence-corrected chi connectivity index (χ2v) is 13.4. The molecule has 0 radical (unpaired) electrons. The lowest BCUT2D eigenvalue weighted by molar-refractivity contribution is -0.187. The summed E-state index contributed by atoms with van der Waals surface area (Å²) in [5, 5.41) is 10.4. The fourth-order valence-electron chi connectivity index (χ4n) is 9.72. The highest BCUT2D eigenvalue weighted by Crippen LogP contribution is 2.68. The number of aliphatic hydroxyl groups excluding tert-OH is 1. The minimum Gasteiger partial charge on any atom is -0.436 e. The molecule has 0 bridgehead atoms. The van der Waals surface area contributed by atoms with Crippen LogP contribution in [0.5, 0.6) is 0 Å². The lowest BCUT2D eigenvalue weighted by atomic mass is 9.43. The molecule has 4 aliphatic carbocycles. The Morgan fingerprint density at radius 3 is 2.58 bits per heavy atom. The maximum atomic E-state index is 14.0. The van der Waals surface area contributed by atoms with Gasteiger partial charge in [0.25, 0.3) is 0 Å². The largest absolute Gasteiger partial charge is 0.436 e. The van der Waals surface area contributed by atoms with E-state index in [-0.39, 0.29) is 41.0 Å². The van der Waals surface area contributed by atoms with Crippen LogP contribution in [0.25, 0.3) is 0 Å². The van der Waals surface area contributed by atoms with Gasteiger partial charge < -0.3 is 14.6 Å². The summed E-state index contributed by atoms with van der Waals surface area (Å²) >= 11 is 0. The predicted molar refractivity (Wildman–Crippen MR) is 139 cm³/mol. The highest BCUT2D eigenvalue weighted by Gasteiger charge is 2.64. The zero-order valence-corrected chi connectivity index (χ0v) is 23.0. The third-order valence-electron chi connectivity index (χ3n) is 11.7. The molecule has 1 heterocycles. The van der Waals surface area contributed by atoms with Gasteiger partial charge in [-0.15, -0.1) is 0 Å². The maximum Gasteiger partial charge on any atom is 0.308 e. The van der Waals surface area contributed by atoms with Crippen LogP contribution in [0.1, 0.15) is 105 Å². The summed E-state index contributed by atoms with van der Waals surface area (Å²) in [4.78, 5) is 26.6. The Balaban J connectivity index is 1.28. The van der Waals surface area contributed by atoms with Crippen molar-refractivity contribution in [3.05, 3.63) is 11.6 Å². The van der Waals surface area contributed by atoms with Crippen LogP contribution >= 0.6 is 0 Å². The van der Waals surface area contributed by atoms with Gasteiger partial charge in [-0.1, -0.05) is 26.8 Å². The summed E-state index contributed by atoms with van der Waals surface area (Å²) in [7, 11) is 0. The van der Waals surface area contributed by atoms with Crippen molar-refractivity contribution in [2.75, 3.05) is 6.61 Å². The number of esters is 1. The number of carbonyl (C=O) groups excluding carboxylic acids is 2. The molecule has 1 aliphatic heterocycles. The molecular formula is C31H48O5. The third kappa shape index (κ3) is 4.40. The summed E-state index contributed by atoms with van der Waals surface area (Å²) in [6, 6.07) is 0. The van der Waals surface area contributed by atoms with Crippen molar-refractivity contribution in [2.45, 2.75) is 117 Å². The molecule has 0 aromatic heterocycles. The number of hydrogen-bond acceptors (Lipinski definition) is 5. The molecule has 4 saturated carbocycles. The van der Waals surface area contributed by atoms with Crippen molar-refractivity contribution >= 4 is 11.8 Å². The minimum atomic E-state index is -0.352. The van der Waals surface area contributed by atoms with Crippen molar-refractivity contribution < 1.29 is 24.2 Å². The molecule has 0 spiro atoms. The molecule has 1 saturated heterocycles. The summed E-state index contributed by atoms with van der Waals surface area (Å²) in [6.45, 7) is 9.91. The summed E-state index contributed by atoms with van der Waals surface area (Å²) in [5.74, 6) is 2.43. The van der Waals surface area contributed by atoms with Crippen LogP contribution in [-0.4, -0.2) is 35.9 Å². The van der Waals surface area contributed by atoms with E-state index in [1.807, 2.05) is 6.92 Å². The monoisotopic (exact) mass is 500 g/mol. The van der Waals surface area contributed by atoms with Crippen LogP contribution in [-0.2, 0) is 19.1 Å². The number of Topliss-reactive ketones (excluding diaryl/α,β-unsaturated/α-hetero) is 1. The molecule has 5 rings (SSSR count). The molecule has 0 aromatic rings. The number of ketones is 1. The number of rotatable bonds is 5. The zero-order valence-electron chi connectivity index (χ0n) is 23.0. The van der Waals surface area contributed by atoms with E-state index in [0.29, 0.717) is 42.5 Å². The quantitative estimate of drug-likeness (QED) is 0.358. The smallest absolute Gasteiger partial charge is 0.308 e. The van der Waals surface area contributed by atoms with Gasteiger partial charge in [-0.3, -0.25) is 9.59 Å². The van der Waals surface area contributed by atoms with Gasteiger partial charge >= 0.3 is 5.97 Å². The van der Waals surface area contributed by atoms with Crippen LogP contribution < -0.4 is 0 Å². The van der Waals surface area contributed by atoms with Gasteiger partial charge in [-0.05, 0) is 117 Å². The SMILES string of the molecule is CC=C1C(=O)[C@@H]2[C@H](CC[C@]3(C)[C@@H]([C@H](C)CCC(=O)OC4CCCCO4)CC[C@@H]23)[C@@]2(C)CC[C@@H](O)C[C@@H]12. The summed E-state index contributed by atoms with van der Waals surface area (Å²) < 4.78 is 11.2. The maximum absolute atomic E-state index is 14.0. The molecule has 0 aromatic carbocycles. The number of hydrogen-bond donors (Lipinski definition) is 1. The Morgan fingerprint density at radius 1 is 1.11 bits per heavy atom. The summed E-state index contributed by atoms with van der Waals surface area (Å²) in [6.07, 6.45) is 12.9. The highest BCUT2D eigenvalue weighted by atomic mass is 16.7. The number of carbonyl (C=O) groups is 2. The molecule has 5 fully saturated rings. The first-order valence-electron chi connectivity index (χ1n) is 14.9. The van der Waals surface area contributed by atoms with E-state index in [0.717, 1.165) is 69.8 Å². The van der Waals surface area contributed by atoms with Crippen molar-refractivity contribution in [3.63, 3.8) is 0 Å². The Labute approximate surface area is 217 Å². The molecule has 1 N–H and O–H groups in total.